The average molecular weight is 153 g/mol. The predicted molar refractivity (Wildman–Crippen MR) is 46.8 cm³/mol. The van der Waals surface area contributed by atoms with Crippen LogP contribution in [0.3, 0.4) is 0 Å². The van der Waals surface area contributed by atoms with Crippen LogP contribution < -0.4 is 0 Å². The minimum Gasteiger partial charge on any atom is -0.250 e. The van der Waals surface area contributed by atoms with Crippen LogP contribution in [0.5, 0.6) is 0 Å². The van der Waals surface area contributed by atoms with E-state index >= 15 is 0 Å². The van der Waals surface area contributed by atoms with Crippen LogP contribution in [-0.4, -0.2) is 10.5 Å². The number of hydrogen-bond acceptors (Lipinski definition) is 2. The molecule has 62 valence electrons. The monoisotopic (exact) mass is 153 g/mol. The third kappa shape index (κ3) is 3.55. The van der Waals surface area contributed by atoms with Crippen LogP contribution in [0.1, 0.15) is 20.8 Å². The minimum atomic E-state index is -0.0751. The Morgan fingerprint density at radius 1 is 1.27 bits per heavy atom. The summed E-state index contributed by atoms with van der Waals surface area (Å²) in [7, 11) is 0. The zero-order chi connectivity index (χ0) is 8.91. The van der Waals surface area contributed by atoms with Crippen molar-refractivity contribution >= 4 is 0 Å². The van der Waals surface area contributed by atoms with Gasteiger partial charge < -0.3 is 0 Å². The second-order valence-electron chi connectivity index (χ2n) is 3.09. The predicted octanol–water partition coefficient (Wildman–Crippen LogP) is 2.74. The lowest BCUT2D eigenvalue weighted by molar-refractivity contribution is 0.201. The van der Waals surface area contributed by atoms with E-state index in [0.29, 0.717) is 0 Å². The van der Waals surface area contributed by atoms with Crippen molar-refractivity contribution in [1.29, 1.82) is 0 Å². The van der Waals surface area contributed by atoms with Crippen LogP contribution in [0.2, 0.25) is 0 Å². The third-order valence-electron chi connectivity index (χ3n) is 1.09. The molecule has 0 aliphatic heterocycles. The van der Waals surface area contributed by atoms with Gasteiger partial charge in [0, 0.05) is 12.4 Å². The van der Waals surface area contributed by atoms with Gasteiger partial charge in [-0.15, -0.1) is 5.11 Å². The van der Waals surface area contributed by atoms with Crippen LogP contribution >= 0.6 is 0 Å². The van der Waals surface area contributed by atoms with Crippen LogP contribution in [0.25, 0.3) is 0 Å². The van der Waals surface area contributed by atoms with Crippen LogP contribution in [0, 0.1) is 0 Å². The van der Waals surface area contributed by atoms with E-state index in [0.717, 1.165) is 0 Å². The summed E-state index contributed by atoms with van der Waals surface area (Å²) in [5, 5.41) is 9.18. The molecule has 0 amide bonds. The first-order valence-electron chi connectivity index (χ1n) is 3.46. The van der Waals surface area contributed by atoms with E-state index < -0.39 is 0 Å². The van der Waals surface area contributed by atoms with Gasteiger partial charge in [-0.05, 0) is 20.8 Å². The number of rotatable bonds is 3. The first-order valence-corrected chi connectivity index (χ1v) is 3.46. The van der Waals surface area contributed by atoms with Crippen molar-refractivity contribution in [2.75, 3.05) is 0 Å². The maximum Gasteiger partial charge on any atom is 0.0560 e. The van der Waals surface area contributed by atoms with E-state index in [1.165, 1.54) is 6.20 Å². The highest BCUT2D eigenvalue weighted by molar-refractivity contribution is 4.80. The lowest BCUT2D eigenvalue weighted by atomic mass is 10.1. The SMILES string of the molecule is C=CN=NN(C=C)C(C)(C)C. The molecule has 0 aliphatic carbocycles. The molecule has 0 N–H and O–H groups in total. The molecule has 3 nitrogen and oxygen atoms in total. The highest BCUT2D eigenvalue weighted by atomic mass is 15.6. The van der Waals surface area contributed by atoms with Gasteiger partial charge in [0.15, 0.2) is 0 Å². The van der Waals surface area contributed by atoms with Crippen molar-refractivity contribution in [2.45, 2.75) is 26.3 Å². The zero-order valence-corrected chi connectivity index (χ0v) is 7.41. The van der Waals surface area contributed by atoms with E-state index in [1.54, 1.807) is 11.2 Å². The topological polar surface area (TPSA) is 28.0 Å². The molecule has 0 fully saturated rings. The van der Waals surface area contributed by atoms with Gasteiger partial charge in [0.1, 0.15) is 0 Å². The van der Waals surface area contributed by atoms with E-state index in [2.05, 4.69) is 23.5 Å². The molecule has 0 aromatic carbocycles. The van der Waals surface area contributed by atoms with Gasteiger partial charge in [-0.2, -0.15) is 0 Å². The van der Waals surface area contributed by atoms with Crippen LogP contribution in [0.4, 0.5) is 0 Å². The normalized spacial score (nSPS) is 11.5. The zero-order valence-electron chi connectivity index (χ0n) is 7.41. The fourth-order valence-electron chi connectivity index (χ4n) is 0.537. The van der Waals surface area contributed by atoms with Crippen molar-refractivity contribution in [2.24, 2.45) is 10.3 Å². The van der Waals surface area contributed by atoms with Gasteiger partial charge in [0.2, 0.25) is 0 Å². The van der Waals surface area contributed by atoms with Crippen molar-refractivity contribution < 1.29 is 0 Å². The maximum atomic E-state index is 3.85. The summed E-state index contributed by atoms with van der Waals surface area (Å²) in [6.07, 6.45) is 3.02. The van der Waals surface area contributed by atoms with Crippen molar-refractivity contribution in [1.82, 2.24) is 5.01 Å². The molecule has 0 aromatic rings. The summed E-state index contributed by atoms with van der Waals surface area (Å²) in [5.74, 6) is 0. The van der Waals surface area contributed by atoms with Crippen LogP contribution in [0.15, 0.2) is 35.9 Å². The third-order valence-corrected chi connectivity index (χ3v) is 1.09. The Labute approximate surface area is 68.1 Å². The van der Waals surface area contributed by atoms with Crippen LogP contribution in [-0.2, 0) is 0 Å². The first kappa shape index (κ1) is 9.88. The second kappa shape index (κ2) is 3.91. The molecular weight excluding hydrogens is 138 g/mol. The highest BCUT2D eigenvalue weighted by Gasteiger charge is 2.16. The molecule has 0 saturated heterocycles. The molecule has 0 radical (unpaired) electrons. The average Bonchev–Trinajstić information content (AvgIpc) is 1.87. The summed E-state index contributed by atoms with van der Waals surface area (Å²) < 4.78 is 0. The minimum absolute atomic E-state index is 0.0751. The Kier molecular flexibility index (Phi) is 3.51. The molecule has 3 heteroatoms. The standard InChI is InChI=1S/C8H15N3/c1-6-9-10-11(7-2)8(3,4)5/h6-7H,1-2H2,3-5H3. The molecule has 11 heavy (non-hydrogen) atoms. The van der Waals surface area contributed by atoms with Gasteiger partial charge in [-0.1, -0.05) is 18.4 Å². The molecule has 0 unspecified atom stereocenters. The van der Waals surface area contributed by atoms with E-state index in [9.17, 15) is 0 Å². The van der Waals surface area contributed by atoms with E-state index in [1.807, 2.05) is 20.8 Å². The number of hydrogen-bond donors (Lipinski definition) is 0. The van der Waals surface area contributed by atoms with Crippen molar-refractivity contribution in [3.8, 4) is 0 Å². The largest absolute Gasteiger partial charge is 0.250 e. The molecule has 0 saturated carbocycles. The molecular formula is C8H15N3. The summed E-state index contributed by atoms with van der Waals surface area (Å²) in [6.45, 7) is 13.1. The van der Waals surface area contributed by atoms with E-state index in [-0.39, 0.29) is 5.54 Å². The fourth-order valence-corrected chi connectivity index (χ4v) is 0.537. The molecule has 0 rings (SSSR count). The van der Waals surface area contributed by atoms with Gasteiger partial charge in [0.05, 0.1) is 5.54 Å². The summed E-state index contributed by atoms with van der Waals surface area (Å²) >= 11 is 0. The van der Waals surface area contributed by atoms with Gasteiger partial charge in [-0.25, -0.2) is 5.01 Å². The fraction of sp³-hybridized carbons (Fsp3) is 0.500. The van der Waals surface area contributed by atoms with Gasteiger partial charge >= 0.3 is 0 Å². The first-order chi connectivity index (χ1) is 5.02. The highest BCUT2D eigenvalue weighted by Crippen LogP contribution is 2.13. The maximum absolute atomic E-state index is 3.85. The Bertz CT molecular complexity index is 165. The van der Waals surface area contributed by atoms with E-state index in [4.69, 9.17) is 0 Å². The molecule has 0 atom stereocenters. The number of nitrogens with zero attached hydrogens (tertiary/aromatic N) is 3. The lowest BCUT2D eigenvalue weighted by Gasteiger charge is -2.27. The molecule has 0 aliphatic rings. The Balaban J connectivity index is 4.29. The Morgan fingerprint density at radius 2 is 1.82 bits per heavy atom. The van der Waals surface area contributed by atoms with Crippen molar-refractivity contribution in [3.63, 3.8) is 0 Å². The Morgan fingerprint density at radius 3 is 2.09 bits per heavy atom. The van der Waals surface area contributed by atoms with Gasteiger partial charge in [0.25, 0.3) is 0 Å². The smallest absolute Gasteiger partial charge is 0.0560 e. The molecule has 0 spiro atoms. The Hall–Kier alpha value is -1.12. The summed E-state index contributed by atoms with van der Waals surface area (Å²) in [6, 6.07) is 0. The quantitative estimate of drug-likeness (QED) is 0.452. The van der Waals surface area contributed by atoms with Crippen molar-refractivity contribution in [3.05, 3.63) is 25.6 Å². The molecule has 0 heterocycles. The summed E-state index contributed by atoms with van der Waals surface area (Å²) in [5.41, 5.74) is -0.0751. The second-order valence-corrected chi connectivity index (χ2v) is 3.09. The summed E-state index contributed by atoms with van der Waals surface area (Å²) in [4.78, 5) is 0. The molecule has 0 bridgehead atoms. The molecule has 0 aromatic heterocycles. The lowest BCUT2D eigenvalue weighted by Crippen LogP contribution is -2.32. The van der Waals surface area contributed by atoms with Gasteiger partial charge in [-0.3, -0.25) is 0 Å².